The van der Waals surface area contributed by atoms with E-state index in [-0.39, 0.29) is 5.56 Å². The molecule has 3 nitrogen and oxygen atoms in total. The van der Waals surface area contributed by atoms with Gasteiger partial charge in [-0.3, -0.25) is 4.79 Å². The minimum atomic E-state index is -1.02. The number of amides is 1. The summed E-state index contributed by atoms with van der Waals surface area (Å²) in [6.07, 6.45) is 0. The summed E-state index contributed by atoms with van der Waals surface area (Å²) in [5.74, 6) is -2.41. The van der Waals surface area contributed by atoms with Gasteiger partial charge in [0.1, 0.15) is 6.54 Å². The standard InChI is InChI=1S/C19H22F2N2O/c1-3-23(4-2)13-15-7-5-14(6-8-15)12-22-19(24)16-9-10-17(20)18(21)11-16/h5-11H,3-4,12-13H2,1-2H3,(H,22,24)/p+1. The third-order valence-corrected chi connectivity index (χ3v) is 4.11. The Morgan fingerprint density at radius 2 is 1.58 bits per heavy atom. The molecule has 1 amide bonds. The number of hydrogen-bond acceptors (Lipinski definition) is 1. The first-order valence-electron chi connectivity index (χ1n) is 8.18. The number of benzene rings is 2. The zero-order valence-corrected chi connectivity index (χ0v) is 14.0. The molecule has 5 heteroatoms. The molecule has 2 N–H and O–H groups in total. The second-order valence-electron chi connectivity index (χ2n) is 5.76. The highest BCUT2D eigenvalue weighted by atomic mass is 19.2. The van der Waals surface area contributed by atoms with E-state index in [0.717, 1.165) is 37.3 Å². The molecule has 0 unspecified atom stereocenters. The molecule has 0 spiro atoms. The van der Waals surface area contributed by atoms with Crippen molar-refractivity contribution in [3.05, 3.63) is 70.8 Å². The van der Waals surface area contributed by atoms with Crippen molar-refractivity contribution >= 4 is 5.91 Å². The van der Waals surface area contributed by atoms with Gasteiger partial charge in [-0.2, -0.15) is 0 Å². The van der Waals surface area contributed by atoms with Crippen molar-refractivity contribution in [2.45, 2.75) is 26.9 Å². The molecule has 0 aromatic heterocycles. The Hall–Kier alpha value is -2.27. The highest BCUT2D eigenvalue weighted by molar-refractivity contribution is 5.94. The quantitative estimate of drug-likeness (QED) is 0.801. The molecule has 0 aliphatic carbocycles. The van der Waals surface area contributed by atoms with E-state index in [4.69, 9.17) is 0 Å². The summed E-state index contributed by atoms with van der Waals surface area (Å²) in [6.45, 7) is 7.83. The Morgan fingerprint density at radius 1 is 0.958 bits per heavy atom. The molecule has 0 aliphatic heterocycles. The lowest BCUT2D eigenvalue weighted by atomic mass is 10.1. The Bertz CT molecular complexity index is 682. The molecule has 0 heterocycles. The predicted molar refractivity (Wildman–Crippen MR) is 89.7 cm³/mol. The highest BCUT2D eigenvalue weighted by Crippen LogP contribution is 2.09. The summed E-state index contributed by atoms with van der Waals surface area (Å²) < 4.78 is 26.0. The largest absolute Gasteiger partial charge is 0.348 e. The first-order chi connectivity index (χ1) is 11.5. The first kappa shape index (κ1) is 18.1. The second-order valence-corrected chi connectivity index (χ2v) is 5.76. The molecular weight excluding hydrogens is 310 g/mol. The lowest BCUT2D eigenvalue weighted by molar-refractivity contribution is -0.910. The average Bonchev–Trinajstić information content (AvgIpc) is 2.61. The van der Waals surface area contributed by atoms with Crippen LogP contribution in [0.2, 0.25) is 0 Å². The Balaban J connectivity index is 1.91. The van der Waals surface area contributed by atoms with Crippen LogP contribution in [-0.2, 0) is 13.1 Å². The smallest absolute Gasteiger partial charge is 0.251 e. The topological polar surface area (TPSA) is 33.5 Å². The molecule has 0 saturated heterocycles. The molecule has 0 saturated carbocycles. The van der Waals surface area contributed by atoms with E-state index in [9.17, 15) is 13.6 Å². The second kappa shape index (κ2) is 8.55. The van der Waals surface area contributed by atoms with E-state index in [0.29, 0.717) is 6.54 Å². The van der Waals surface area contributed by atoms with Gasteiger partial charge in [-0.1, -0.05) is 24.3 Å². The summed E-state index contributed by atoms with van der Waals surface area (Å²) in [6, 6.07) is 11.2. The molecule has 0 atom stereocenters. The van der Waals surface area contributed by atoms with Gasteiger partial charge >= 0.3 is 0 Å². The van der Waals surface area contributed by atoms with E-state index in [1.54, 1.807) is 0 Å². The van der Waals surface area contributed by atoms with E-state index in [1.807, 2.05) is 12.1 Å². The molecule has 0 fully saturated rings. The molecule has 2 rings (SSSR count). The SMILES string of the molecule is CC[NH+](CC)Cc1ccc(CNC(=O)c2ccc(F)c(F)c2)cc1. The number of rotatable bonds is 7. The normalized spacial score (nSPS) is 10.9. The van der Waals surface area contributed by atoms with Gasteiger partial charge in [0.25, 0.3) is 5.91 Å². The van der Waals surface area contributed by atoms with Crippen molar-refractivity contribution in [3.8, 4) is 0 Å². The van der Waals surface area contributed by atoms with Crippen LogP contribution in [0.3, 0.4) is 0 Å². The summed E-state index contributed by atoms with van der Waals surface area (Å²) >= 11 is 0. The first-order valence-corrected chi connectivity index (χ1v) is 8.18. The Morgan fingerprint density at radius 3 is 2.17 bits per heavy atom. The van der Waals surface area contributed by atoms with Crippen LogP contribution in [0.25, 0.3) is 0 Å². The van der Waals surface area contributed by atoms with Crippen LogP contribution in [0.15, 0.2) is 42.5 Å². The zero-order chi connectivity index (χ0) is 17.5. The molecule has 0 bridgehead atoms. The van der Waals surface area contributed by atoms with Crippen molar-refractivity contribution < 1.29 is 18.5 Å². The van der Waals surface area contributed by atoms with E-state index in [2.05, 4.69) is 31.3 Å². The van der Waals surface area contributed by atoms with Gasteiger partial charge in [0.15, 0.2) is 11.6 Å². The average molecular weight is 333 g/mol. The number of carbonyl (C=O) groups is 1. The van der Waals surface area contributed by atoms with Crippen LogP contribution in [0.1, 0.15) is 35.3 Å². The number of carbonyl (C=O) groups excluding carboxylic acids is 1. The molecule has 128 valence electrons. The van der Waals surface area contributed by atoms with Gasteiger partial charge in [-0.05, 0) is 37.6 Å². The van der Waals surface area contributed by atoms with Crippen molar-refractivity contribution in [2.24, 2.45) is 0 Å². The fourth-order valence-corrected chi connectivity index (χ4v) is 2.49. The number of halogens is 2. The summed E-state index contributed by atoms with van der Waals surface area (Å²) in [4.78, 5) is 13.5. The van der Waals surface area contributed by atoms with Crippen molar-refractivity contribution in [1.82, 2.24) is 5.32 Å². The molecule has 0 aliphatic rings. The van der Waals surface area contributed by atoms with E-state index in [1.165, 1.54) is 16.5 Å². The van der Waals surface area contributed by atoms with Gasteiger partial charge in [0.2, 0.25) is 0 Å². The molecular formula is C19H23F2N2O+. The van der Waals surface area contributed by atoms with Crippen molar-refractivity contribution in [3.63, 3.8) is 0 Å². The predicted octanol–water partition coefficient (Wildman–Crippen LogP) is 2.32. The fraction of sp³-hybridized carbons (Fsp3) is 0.316. The van der Waals surface area contributed by atoms with Crippen LogP contribution < -0.4 is 10.2 Å². The number of hydrogen-bond donors (Lipinski definition) is 2. The lowest BCUT2D eigenvalue weighted by Crippen LogP contribution is -3.10. The summed E-state index contributed by atoms with van der Waals surface area (Å²) in [7, 11) is 0. The van der Waals surface area contributed by atoms with E-state index >= 15 is 0 Å². The molecule has 24 heavy (non-hydrogen) atoms. The molecule has 2 aromatic carbocycles. The van der Waals surface area contributed by atoms with Crippen LogP contribution >= 0.6 is 0 Å². The minimum absolute atomic E-state index is 0.107. The Kier molecular flexibility index (Phi) is 6.44. The monoisotopic (exact) mass is 333 g/mol. The van der Waals surface area contributed by atoms with Crippen LogP contribution in [0.5, 0.6) is 0 Å². The van der Waals surface area contributed by atoms with E-state index < -0.39 is 17.5 Å². The maximum Gasteiger partial charge on any atom is 0.251 e. The maximum atomic E-state index is 13.2. The van der Waals surface area contributed by atoms with Gasteiger partial charge in [-0.15, -0.1) is 0 Å². The van der Waals surface area contributed by atoms with Crippen molar-refractivity contribution in [2.75, 3.05) is 13.1 Å². The van der Waals surface area contributed by atoms with Gasteiger partial charge in [0, 0.05) is 17.7 Å². The lowest BCUT2D eigenvalue weighted by Gasteiger charge is -2.15. The minimum Gasteiger partial charge on any atom is -0.348 e. The Labute approximate surface area is 141 Å². The van der Waals surface area contributed by atoms with Gasteiger partial charge in [-0.25, -0.2) is 8.78 Å². The number of nitrogens with one attached hydrogen (secondary N) is 2. The summed E-state index contributed by atoms with van der Waals surface area (Å²) in [5, 5.41) is 2.71. The van der Waals surface area contributed by atoms with Crippen LogP contribution in [0.4, 0.5) is 8.78 Å². The third kappa shape index (κ3) is 4.86. The zero-order valence-electron chi connectivity index (χ0n) is 14.0. The number of quaternary nitrogens is 1. The maximum absolute atomic E-state index is 13.2. The van der Waals surface area contributed by atoms with Crippen LogP contribution in [0, 0.1) is 11.6 Å². The van der Waals surface area contributed by atoms with Crippen molar-refractivity contribution in [1.29, 1.82) is 0 Å². The van der Waals surface area contributed by atoms with Crippen LogP contribution in [-0.4, -0.2) is 19.0 Å². The highest BCUT2D eigenvalue weighted by Gasteiger charge is 2.09. The fourth-order valence-electron chi connectivity index (χ4n) is 2.49. The van der Waals surface area contributed by atoms with Gasteiger partial charge in [0.05, 0.1) is 13.1 Å². The van der Waals surface area contributed by atoms with Gasteiger partial charge < -0.3 is 10.2 Å². The molecule has 0 radical (unpaired) electrons. The molecule has 2 aromatic rings. The summed E-state index contributed by atoms with van der Waals surface area (Å²) in [5.41, 5.74) is 2.32. The third-order valence-electron chi connectivity index (χ3n) is 4.11.